The summed E-state index contributed by atoms with van der Waals surface area (Å²) >= 11 is 0. The van der Waals surface area contributed by atoms with Crippen LogP contribution in [0.2, 0.25) is 0 Å². The summed E-state index contributed by atoms with van der Waals surface area (Å²) in [6.07, 6.45) is 11.3. The largest absolute Gasteiger partial charge is 0.342 e. The molecule has 0 aromatic heterocycles. The zero-order chi connectivity index (χ0) is 15.2. The molecule has 3 atom stereocenters. The molecule has 1 aliphatic heterocycles. The highest BCUT2D eigenvalue weighted by atomic mass is 16.2. The molecular formula is C19H35NO. The average Bonchev–Trinajstić information content (AvgIpc) is 2.72. The molecule has 0 radical (unpaired) electrons. The molecule has 1 saturated carbocycles. The van der Waals surface area contributed by atoms with E-state index in [1.54, 1.807) is 0 Å². The van der Waals surface area contributed by atoms with Crippen LogP contribution in [-0.2, 0) is 4.79 Å². The molecular weight excluding hydrogens is 258 g/mol. The lowest BCUT2D eigenvalue weighted by atomic mass is 9.77. The highest BCUT2D eigenvalue weighted by Crippen LogP contribution is 2.32. The van der Waals surface area contributed by atoms with E-state index in [1.807, 2.05) is 0 Å². The van der Waals surface area contributed by atoms with Crippen LogP contribution in [0.25, 0.3) is 0 Å². The van der Waals surface area contributed by atoms with Crippen LogP contribution in [0.4, 0.5) is 0 Å². The molecule has 0 spiro atoms. The molecule has 3 unspecified atom stereocenters. The van der Waals surface area contributed by atoms with Crippen molar-refractivity contribution in [3.63, 3.8) is 0 Å². The van der Waals surface area contributed by atoms with Crippen LogP contribution in [-0.4, -0.2) is 23.9 Å². The van der Waals surface area contributed by atoms with Crippen molar-refractivity contribution in [1.29, 1.82) is 0 Å². The van der Waals surface area contributed by atoms with Gasteiger partial charge in [0, 0.05) is 19.5 Å². The fourth-order valence-corrected chi connectivity index (χ4v) is 4.38. The molecule has 1 heterocycles. The van der Waals surface area contributed by atoms with Gasteiger partial charge in [-0.25, -0.2) is 0 Å². The van der Waals surface area contributed by atoms with Crippen LogP contribution >= 0.6 is 0 Å². The molecule has 0 bridgehead atoms. The maximum atomic E-state index is 12.7. The first kappa shape index (κ1) is 16.8. The fraction of sp³-hybridized carbons (Fsp3) is 0.947. The minimum atomic E-state index is 0.446. The lowest BCUT2D eigenvalue weighted by Gasteiger charge is -2.42. The first-order valence-electron chi connectivity index (χ1n) is 9.39. The molecule has 122 valence electrons. The molecule has 0 aromatic rings. The number of carbonyl (C=O) groups is 1. The van der Waals surface area contributed by atoms with E-state index in [2.05, 4.69) is 25.7 Å². The van der Waals surface area contributed by atoms with Crippen molar-refractivity contribution < 1.29 is 4.79 Å². The van der Waals surface area contributed by atoms with Gasteiger partial charge in [-0.3, -0.25) is 4.79 Å². The van der Waals surface area contributed by atoms with Crippen LogP contribution in [0.15, 0.2) is 0 Å². The number of carbonyl (C=O) groups excluding carboxylic acids is 1. The van der Waals surface area contributed by atoms with E-state index in [0.29, 0.717) is 17.7 Å². The van der Waals surface area contributed by atoms with Gasteiger partial charge in [-0.15, -0.1) is 0 Å². The van der Waals surface area contributed by atoms with Crippen molar-refractivity contribution in [2.24, 2.45) is 23.7 Å². The molecule has 0 N–H and O–H groups in total. The van der Waals surface area contributed by atoms with E-state index in [4.69, 9.17) is 0 Å². The number of piperidine rings is 1. The number of nitrogens with zero attached hydrogens (tertiary/aromatic N) is 1. The number of hydrogen-bond donors (Lipinski definition) is 0. The highest BCUT2D eigenvalue weighted by molar-refractivity contribution is 5.76. The lowest BCUT2D eigenvalue weighted by Crippen LogP contribution is -2.47. The normalized spacial score (nSPS) is 32.0. The molecule has 1 saturated heterocycles. The number of amides is 1. The summed E-state index contributed by atoms with van der Waals surface area (Å²) < 4.78 is 0. The number of rotatable bonds is 4. The maximum absolute atomic E-state index is 12.7. The van der Waals surface area contributed by atoms with Crippen LogP contribution in [0, 0.1) is 23.7 Å². The second-order valence-corrected chi connectivity index (χ2v) is 7.75. The van der Waals surface area contributed by atoms with Crippen LogP contribution in [0.1, 0.15) is 78.6 Å². The predicted molar refractivity (Wildman–Crippen MR) is 89.1 cm³/mol. The summed E-state index contributed by atoms with van der Waals surface area (Å²) in [4.78, 5) is 14.9. The number of likely N-dealkylation sites (tertiary alicyclic amines) is 1. The molecule has 2 fully saturated rings. The molecule has 2 heteroatoms. The van der Waals surface area contributed by atoms with E-state index in [9.17, 15) is 4.79 Å². The van der Waals surface area contributed by atoms with Crippen molar-refractivity contribution in [2.45, 2.75) is 78.6 Å². The van der Waals surface area contributed by atoms with Gasteiger partial charge in [-0.1, -0.05) is 52.9 Å². The topological polar surface area (TPSA) is 20.3 Å². The summed E-state index contributed by atoms with van der Waals surface area (Å²) in [5.41, 5.74) is 0. The minimum Gasteiger partial charge on any atom is -0.342 e. The van der Waals surface area contributed by atoms with Crippen LogP contribution < -0.4 is 0 Å². The first-order chi connectivity index (χ1) is 10.1. The summed E-state index contributed by atoms with van der Waals surface area (Å²) in [7, 11) is 0. The maximum Gasteiger partial charge on any atom is 0.222 e. The second kappa shape index (κ2) is 8.19. The van der Waals surface area contributed by atoms with Crippen molar-refractivity contribution >= 4 is 5.91 Å². The van der Waals surface area contributed by atoms with Gasteiger partial charge >= 0.3 is 0 Å². The highest BCUT2D eigenvalue weighted by Gasteiger charge is 2.33. The van der Waals surface area contributed by atoms with Crippen LogP contribution in [0.3, 0.4) is 0 Å². The third kappa shape index (κ3) is 4.72. The Balaban J connectivity index is 1.88. The van der Waals surface area contributed by atoms with E-state index >= 15 is 0 Å². The monoisotopic (exact) mass is 293 g/mol. The molecule has 1 aliphatic carbocycles. The lowest BCUT2D eigenvalue weighted by molar-refractivity contribution is -0.136. The van der Waals surface area contributed by atoms with Gasteiger partial charge in [0.2, 0.25) is 5.91 Å². The van der Waals surface area contributed by atoms with E-state index in [1.165, 1.54) is 51.4 Å². The van der Waals surface area contributed by atoms with Gasteiger partial charge in [-0.05, 0) is 42.9 Å². The van der Waals surface area contributed by atoms with Gasteiger partial charge < -0.3 is 4.90 Å². The molecule has 0 aromatic carbocycles. The summed E-state index contributed by atoms with van der Waals surface area (Å²) in [6.45, 7) is 9.00. The molecule has 2 rings (SSSR count). The Bertz CT molecular complexity index is 320. The Hall–Kier alpha value is -0.530. The van der Waals surface area contributed by atoms with E-state index < -0.39 is 0 Å². The Morgan fingerprint density at radius 1 is 1.05 bits per heavy atom. The minimum absolute atomic E-state index is 0.446. The fourth-order valence-electron chi connectivity index (χ4n) is 4.38. The third-order valence-electron chi connectivity index (χ3n) is 6.05. The zero-order valence-electron chi connectivity index (χ0n) is 14.4. The summed E-state index contributed by atoms with van der Waals surface area (Å²) in [5.74, 6) is 3.26. The van der Waals surface area contributed by atoms with Crippen molar-refractivity contribution in [2.75, 3.05) is 13.1 Å². The van der Waals surface area contributed by atoms with Gasteiger partial charge in [0.1, 0.15) is 0 Å². The Labute approximate surface area is 131 Å². The molecule has 2 aliphatic rings. The molecule has 2 nitrogen and oxygen atoms in total. The van der Waals surface area contributed by atoms with Crippen molar-refractivity contribution in [3.8, 4) is 0 Å². The van der Waals surface area contributed by atoms with E-state index in [-0.39, 0.29) is 0 Å². The van der Waals surface area contributed by atoms with Gasteiger partial charge in [0.25, 0.3) is 0 Å². The predicted octanol–water partition coefficient (Wildman–Crippen LogP) is 4.88. The van der Waals surface area contributed by atoms with Gasteiger partial charge in [-0.2, -0.15) is 0 Å². The molecule has 21 heavy (non-hydrogen) atoms. The van der Waals surface area contributed by atoms with Crippen LogP contribution in [0.5, 0.6) is 0 Å². The van der Waals surface area contributed by atoms with E-state index in [0.717, 1.165) is 31.3 Å². The Kier molecular flexibility index (Phi) is 6.57. The van der Waals surface area contributed by atoms with Crippen molar-refractivity contribution in [1.82, 2.24) is 4.90 Å². The van der Waals surface area contributed by atoms with Gasteiger partial charge in [0.15, 0.2) is 0 Å². The van der Waals surface area contributed by atoms with Gasteiger partial charge in [0.05, 0.1) is 0 Å². The Morgan fingerprint density at radius 2 is 1.71 bits per heavy atom. The second-order valence-electron chi connectivity index (χ2n) is 7.75. The third-order valence-corrected chi connectivity index (χ3v) is 6.05. The number of hydrogen-bond acceptors (Lipinski definition) is 1. The summed E-state index contributed by atoms with van der Waals surface area (Å²) in [6, 6.07) is 0. The SMILES string of the molecule is CCCC1CN(C(=O)CC2CCCCCC2)CC(C)C1C. The standard InChI is InChI=1S/C19H35NO/c1-4-9-18-14-20(13-15(2)16(18)3)19(21)12-17-10-7-5-6-8-11-17/h15-18H,4-14H2,1-3H3. The smallest absolute Gasteiger partial charge is 0.222 e. The zero-order valence-corrected chi connectivity index (χ0v) is 14.4. The molecule has 1 amide bonds. The Morgan fingerprint density at radius 3 is 2.33 bits per heavy atom. The summed E-state index contributed by atoms with van der Waals surface area (Å²) in [5, 5.41) is 0. The van der Waals surface area contributed by atoms with Crippen molar-refractivity contribution in [3.05, 3.63) is 0 Å². The average molecular weight is 293 g/mol. The first-order valence-corrected chi connectivity index (χ1v) is 9.39. The quantitative estimate of drug-likeness (QED) is 0.677.